The van der Waals surface area contributed by atoms with Gasteiger partial charge in [0.25, 0.3) is 0 Å². The smallest absolute Gasteiger partial charge is 0.107 e. The number of nitrogens with zero attached hydrogens (tertiary/aromatic N) is 3. The van der Waals surface area contributed by atoms with E-state index in [1.54, 1.807) is 0 Å². The molecule has 7 aromatic carbocycles. The Morgan fingerprint density at radius 3 is 1.96 bits per heavy atom. The highest BCUT2D eigenvalue weighted by Gasteiger charge is 2.40. The second-order valence-corrected chi connectivity index (χ2v) is 14.1. The normalized spacial score (nSPS) is 18.5. The molecule has 0 radical (unpaired) electrons. The topological polar surface area (TPSA) is 23.4 Å². The first-order valence-corrected chi connectivity index (χ1v) is 18.5. The maximum Gasteiger partial charge on any atom is 0.107 e. The average Bonchev–Trinajstić information content (AvgIpc) is 3.75. The second-order valence-electron chi connectivity index (χ2n) is 14.1. The van der Waals surface area contributed by atoms with Gasteiger partial charge in [-0.25, -0.2) is 0 Å². The molecule has 53 heavy (non-hydrogen) atoms. The Hall–Kier alpha value is -6.62. The van der Waals surface area contributed by atoms with Crippen molar-refractivity contribution in [2.75, 3.05) is 9.80 Å². The van der Waals surface area contributed by atoms with E-state index in [0.717, 1.165) is 11.4 Å². The Labute approximate surface area is 309 Å². The summed E-state index contributed by atoms with van der Waals surface area (Å²) in [7, 11) is 0. The summed E-state index contributed by atoms with van der Waals surface area (Å²) in [5.41, 5.74) is 14.4. The highest BCUT2D eigenvalue weighted by molar-refractivity contribution is 6.21. The van der Waals surface area contributed by atoms with Gasteiger partial charge in [0.05, 0.1) is 34.5 Å². The SMILES string of the molecule is C1=CC2NC(c3cccc(N4c5ccccc5-c5ccccc5-c5ccc6c(c54)c4ccccc4n6-c4ccccc4)c3)N(c3ccccc3)C2C=C1. The zero-order chi connectivity index (χ0) is 34.9. The van der Waals surface area contributed by atoms with E-state index in [-0.39, 0.29) is 18.2 Å². The van der Waals surface area contributed by atoms with Crippen molar-refractivity contribution < 1.29 is 0 Å². The molecule has 1 saturated heterocycles. The highest BCUT2D eigenvalue weighted by Crippen LogP contribution is 2.55. The molecule has 0 spiro atoms. The fourth-order valence-electron chi connectivity index (χ4n) is 9.05. The predicted molar refractivity (Wildman–Crippen MR) is 221 cm³/mol. The number of benzene rings is 7. The Morgan fingerprint density at radius 1 is 0.472 bits per heavy atom. The van der Waals surface area contributed by atoms with Gasteiger partial charge in [-0.1, -0.05) is 140 Å². The molecular weight excluding hydrogens is 645 g/mol. The molecule has 3 atom stereocenters. The summed E-state index contributed by atoms with van der Waals surface area (Å²) >= 11 is 0. The molecular formula is C49H36N4. The van der Waals surface area contributed by atoms with Gasteiger partial charge in [-0.2, -0.15) is 0 Å². The third kappa shape index (κ3) is 4.59. The number of nitrogens with one attached hydrogen (secondary N) is 1. The van der Waals surface area contributed by atoms with Crippen LogP contribution in [0, 0.1) is 0 Å². The van der Waals surface area contributed by atoms with Crippen LogP contribution in [0.3, 0.4) is 0 Å². The Bertz CT molecular complexity index is 2740. The van der Waals surface area contributed by atoms with Gasteiger partial charge in [-0.3, -0.25) is 5.32 Å². The van der Waals surface area contributed by atoms with Crippen LogP contribution in [0.2, 0.25) is 0 Å². The van der Waals surface area contributed by atoms with Crippen molar-refractivity contribution in [3.05, 3.63) is 200 Å². The standard InChI is InChI=1S/C49H36N4/c1-3-17-34(18-4-1)51-44-28-13-10-25-41(44)47-46(51)31-30-40-38-23-8-7-22-37(38)39-24-9-12-27-43(39)52(48(40)47)36-21-15-16-33(32-36)49-50-42-26-11-14-29-45(42)53(49)35-19-5-2-6-20-35/h1-32,42,45,49-50H. The van der Waals surface area contributed by atoms with E-state index in [1.807, 2.05) is 0 Å². The molecule has 1 N–H and O–H groups in total. The van der Waals surface area contributed by atoms with Gasteiger partial charge in [0.1, 0.15) is 6.17 Å². The average molecular weight is 681 g/mol. The van der Waals surface area contributed by atoms with E-state index in [9.17, 15) is 0 Å². The first-order valence-electron chi connectivity index (χ1n) is 18.5. The van der Waals surface area contributed by atoms with Crippen molar-refractivity contribution >= 4 is 44.6 Å². The van der Waals surface area contributed by atoms with Crippen LogP contribution in [0.4, 0.5) is 22.7 Å². The summed E-state index contributed by atoms with van der Waals surface area (Å²) in [5.74, 6) is 0. The Morgan fingerprint density at radius 2 is 1.13 bits per heavy atom. The molecule has 1 aliphatic carbocycles. The van der Waals surface area contributed by atoms with E-state index in [4.69, 9.17) is 0 Å². The first kappa shape index (κ1) is 30.0. The van der Waals surface area contributed by atoms with Crippen LogP contribution >= 0.6 is 0 Å². The molecule has 1 aromatic heterocycles. The molecule has 0 bridgehead atoms. The van der Waals surface area contributed by atoms with Crippen molar-refractivity contribution in [3.8, 4) is 27.9 Å². The largest absolute Gasteiger partial charge is 0.343 e. The van der Waals surface area contributed by atoms with E-state index in [1.165, 1.54) is 66.7 Å². The molecule has 0 amide bonds. The van der Waals surface area contributed by atoms with Crippen LogP contribution in [0.1, 0.15) is 11.7 Å². The lowest BCUT2D eigenvalue weighted by molar-refractivity contribution is 0.610. The summed E-state index contributed by atoms with van der Waals surface area (Å²) in [5, 5.41) is 6.47. The van der Waals surface area contributed by atoms with Crippen LogP contribution in [0.5, 0.6) is 0 Å². The molecule has 1 fully saturated rings. The van der Waals surface area contributed by atoms with Crippen LogP contribution in [-0.4, -0.2) is 16.7 Å². The van der Waals surface area contributed by atoms with E-state index < -0.39 is 0 Å². The van der Waals surface area contributed by atoms with Gasteiger partial charge in [-0.05, 0) is 71.3 Å². The predicted octanol–water partition coefficient (Wildman–Crippen LogP) is 11.9. The van der Waals surface area contributed by atoms with Crippen molar-refractivity contribution in [2.24, 2.45) is 0 Å². The van der Waals surface area contributed by atoms with Crippen LogP contribution in [0.15, 0.2) is 194 Å². The van der Waals surface area contributed by atoms with Crippen LogP contribution < -0.4 is 15.1 Å². The van der Waals surface area contributed by atoms with E-state index >= 15 is 0 Å². The number of allylic oxidation sites excluding steroid dienone is 2. The van der Waals surface area contributed by atoms with Crippen molar-refractivity contribution in [1.29, 1.82) is 0 Å². The number of anilines is 4. The van der Waals surface area contributed by atoms with Gasteiger partial charge in [0.2, 0.25) is 0 Å². The van der Waals surface area contributed by atoms with E-state index in [2.05, 4.69) is 214 Å². The lowest BCUT2D eigenvalue weighted by Gasteiger charge is -2.33. The van der Waals surface area contributed by atoms with E-state index in [0.29, 0.717) is 0 Å². The summed E-state index contributed by atoms with van der Waals surface area (Å²) in [6.07, 6.45) is 8.94. The van der Waals surface area contributed by atoms with Crippen molar-refractivity contribution in [3.63, 3.8) is 0 Å². The van der Waals surface area contributed by atoms with Gasteiger partial charge in [0, 0.05) is 39.0 Å². The molecule has 4 nitrogen and oxygen atoms in total. The fourth-order valence-corrected chi connectivity index (χ4v) is 9.05. The van der Waals surface area contributed by atoms with Gasteiger partial charge in [-0.15, -0.1) is 0 Å². The Balaban J connectivity index is 1.20. The number of rotatable bonds is 4. The minimum absolute atomic E-state index is 0.0191. The van der Waals surface area contributed by atoms with Gasteiger partial charge >= 0.3 is 0 Å². The number of aromatic nitrogens is 1. The zero-order valence-electron chi connectivity index (χ0n) is 29.0. The van der Waals surface area contributed by atoms with Crippen LogP contribution in [-0.2, 0) is 0 Å². The summed E-state index contributed by atoms with van der Waals surface area (Å²) in [6.45, 7) is 0. The maximum absolute atomic E-state index is 3.99. The number of para-hydroxylation sites is 4. The summed E-state index contributed by atoms with van der Waals surface area (Å²) in [6, 6.07) is 62.6. The van der Waals surface area contributed by atoms with Gasteiger partial charge < -0.3 is 14.4 Å². The zero-order valence-corrected chi connectivity index (χ0v) is 29.0. The van der Waals surface area contributed by atoms with Crippen molar-refractivity contribution in [1.82, 2.24) is 9.88 Å². The minimum Gasteiger partial charge on any atom is -0.343 e. The molecule has 3 unspecified atom stereocenters. The summed E-state index contributed by atoms with van der Waals surface area (Å²) < 4.78 is 2.42. The molecule has 11 rings (SSSR count). The first-order chi connectivity index (χ1) is 26.3. The van der Waals surface area contributed by atoms with Gasteiger partial charge in [0.15, 0.2) is 0 Å². The maximum atomic E-state index is 3.99. The molecule has 3 aliphatic rings. The minimum atomic E-state index is -0.0191. The third-order valence-corrected chi connectivity index (χ3v) is 11.3. The molecule has 252 valence electrons. The Kier molecular flexibility index (Phi) is 6.79. The molecule has 8 aromatic rings. The number of fused-ring (bicyclic) bond motifs is 10. The second kappa shape index (κ2) is 12.0. The quantitative estimate of drug-likeness (QED) is 0.200. The monoisotopic (exact) mass is 680 g/mol. The highest BCUT2D eigenvalue weighted by atomic mass is 15.4. The molecule has 2 aliphatic heterocycles. The molecule has 0 saturated carbocycles. The third-order valence-electron chi connectivity index (χ3n) is 11.3. The fraction of sp³-hybridized carbons (Fsp3) is 0.0612. The van der Waals surface area contributed by atoms with Crippen LogP contribution in [0.25, 0.3) is 49.7 Å². The lowest BCUT2D eigenvalue weighted by Crippen LogP contribution is -2.35. The van der Waals surface area contributed by atoms with Crippen molar-refractivity contribution in [2.45, 2.75) is 18.2 Å². The molecule has 3 heterocycles. The molecule has 4 heteroatoms. The lowest BCUT2D eigenvalue weighted by atomic mass is 9.93. The number of hydrogen-bond acceptors (Lipinski definition) is 3. The number of hydrogen-bond donors (Lipinski definition) is 1. The summed E-state index contributed by atoms with van der Waals surface area (Å²) in [4.78, 5) is 5.07.